The lowest BCUT2D eigenvalue weighted by Gasteiger charge is -2.04. The zero-order chi connectivity index (χ0) is 16.2. The molecule has 0 unspecified atom stereocenters. The monoisotopic (exact) mass is 302 g/mol. The Morgan fingerprint density at radius 3 is 2.09 bits per heavy atom. The van der Waals surface area contributed by atoms with E-state index in [4.69, 9.17) is 0 Å². The number of rotatable bonds is 12. The maximum Gasteiger partial charge on any atom is 0.170 e. The van der Waals surface area contributed by atoms with E-state index < -0.39 is 0 Å². The number of ketones is 2. The highest BCUT2D eigenvalue weighted by molar-refractivity contribution is 6.07. The molecule has 0 heterocycles. The van der Waals surface area contributed by atoms with E-state index >= 15 is 0 Å². The SMILES string of the molecule is CCCCCCCCc1ccc(C(=O)CC(=O)CCC)cc1. The van der Waals surface area contributed by atoms with Crippen LogP contribution in [-0.2, 0) is 11.2 Å². The number of unbranched alkanes of at least 4 members (excludes halogenated alkanes) is 5. The first-order valence-corrected chi connectivity index (χ1v) is 8.81. The minimum Gasteiger partial charge on any atom is -0.299 e. The number of hydrogen-bond acceptors (Lipinski definition) is 2. The van der Waals surface area contributed by atoms with E-state index in [0.717, 1.165) is 12.8 Å². The number of carbonyl (C=O) groups is 2. The van der Waals surface area contributed by atoms with Crippen molar-refractivity contribution in [2.75, 3.05) is 0 Å². The van der Waals surface area contributed by atoms with Crippen LogP contribution in [0.3, 0.4) is 0 Å². The van der Waals surface area contributed by atoms with Crippen LogP contribution in [0.2, 0.25) is 0 Å². The molecule has 22 heavy (non-hydrogen) atoms. The molecule has 0 atom stereocenters. The molecule has 2 heteroatoms. The lowest BCUT2D eigenvalue weighted by atomic mass is 10.0. The molecular formula is C20H30O2. The lowest BCUT2D eigenvalue weighted by Crippen LogP contribution is -2.07. The molecule has 0 aliphatic rings. The average molecular weight is 302 g/mol. The van der Waals surface area contributed by atoms with Crippen LogP contribution in [0.5, 0.6) is 0 Å². The largest absolute Gasteiger partial charge is 0.299 e. The van der Waals surface area contributed by atoms with Crippen LogP contribution in [0.1, 0.15) is 87.6 Å². The highest BCUT2D eigenvalue weighted by atomic mass is 16.1. The van der Waals surface area contributed by atoms with E-state index in [0.29, 0.717) is 12.0 Å². The molecule has 0 saturated heterocycles. The highest BCUT2D eigenvalue weighted by Gasteiger charge is 2.10. The third-order valence-corrected chi connectivity index (χ3v) is 3.98. The van der Waals surface area contributed by atoms with Crippen LogP contribution in [0.15, 0.2) is 24.3 Å². The van der Waals surface area contributed by atoms with Crippen LogP contribution >= 0.6 is 0 Å². The summed E-state index contributed by atoms with van der Waals surface area (Å²) in [5, 5.41) is 0. The number of hydrogen-bond donors (Lipinski definition) is 0. The first-order valence-electron chi connectivity index (χ1n) is 8.81. The molecule has 0 amide bonds. The maximum atomic E-state index is 12.0. The van der Waals surface area contributed by atoms with Crippen LogP contribution in [0, 0.1) is 0 Å². The third kappa shape index (κ3) is 7.53. The number of carbonyl (C=O) groups excluding carboxylic acids is 2. The van der Waals surface area contributed by atoms with Crippen molar-refractivity contribution in [2.45, 2.75) is 78.1 Å². The van der Waals surface area contributed by atoms with Crippen molar-refractivity contribution < 1.29 is 9.59 Å². The van der Waals surface area contributed by atoms with Gasteiger partial charge in [0.15, 0.2) is 5.78 Å². The molecule has 0 saturated carbocycles. The van der Waals surface area contributed by atoms with E-state index in [-0.39, 0.29) is 18.0 Å². The topological polar surface area (TPSA) is 34.1 Å². The van der Waals surface area contributed by atoms with Gasteiger partial charge in [-0.15, -0.1) is 0 Å². The van der Waals surface area contributed by atoms with E-state index in [1.165, 1.54) is 44.1 Å². The molecule has 2 nitrogen and oxygen atoms in total. The first kappa shape index (κ1) is 18.6. The molecule has 0 N–H and O–H groups in total. The molecule has 1 aromatic carbocycles. The van der Waals surface area contributed by atoms with Gasteiger partial charge in [-0.1, -0.05) is 70.2 Å². The molecule has 122 valence electrons. The Kier molecular flexibility index (Phi) is 9.45. The third-order valence-electron chi connectivity index (χ3n) is 3.98. The van der Waals surface area contributed by atoms with E-state index in [2.05, 4.69) is 6.92 Å². The second-order valence-corrected chi connectivity index (χ2v) is 6.10. The number of aryl methyl sites for hydroxylation is 1. The smallest absolute Gasteiger partial charge is 0.170 e. The Hall–Kier alpha value is -1.44. The summed E-state index contributed by atoms with van der Waals surface area (Å²) in [6.07, 6.45) is 10.2. The summed E-state index contributed by atoms with van der Waals surface area (Å²) < 4.78 is 0. The van der Waals surface area contributed by atoms with Crippen LogP contribution < -0.4 is 0 Å². The van der Waals surface area contributed by atoms with Gasteiger partial charge in [-0.3, -0.25) is 9.59 Å². The maximum absolute atomic E-state index is 12.0. The van der Waals surface area contributed by atoms with Crippen LogP contribution in [-0.4, -0.2) is 11.6 Å². The van der Waals surface area contributed by atoms with Gasteiger partial charge in [0.25, 0.3) is 0 Å². The molecule has 1 aromatic rings. The van der Waals surface area contributed by atoms with Gasteiger partial charge in [0.05, 0.1) is 6.42 Å². The highest BCUT2D eigenvalue weighted by Crippen LogP contribution is 2.12. The van der Waals surface area contributed by atoms with E-state index in [1.807, 2.05) is 31.2 Å². The molecule has 0 fully saturated rings. The molecule has 1 rings (SSSR count). The van der Waals surface area contributed by atoms with Crippen LogP contribution in [0.25, 0.3) is 0 Å². The van der Waals surface area contributed by atoms with Gasteiger partial charge in [0, 0.05) is 12.0 Å². The molecule has 0 spiro atoms. The summed E-state index contributed by atoms with van der Waals surface area (Å²) in [4.78, 5) is 23.5. The second-order valence-electron chi connectivity index (χ2n) is 6.10. The summed E-state index contributed by atoms with van der Waals surface area (Å²) in [6.45, 7) is 4.19. The van der Waals surface area contributed by atoms with Crippen LogP contribution in [0.4, 0.5) is 0 Å². The van der Waals surface area contributed by atoms with Crippen molar-refractivity contribution in [1.29, 1.82) is 0 Å². The molecule has 0 aromatic heterocycles. The lowest BCUT2D eigenvalue weighted by molar-refractivity contribution is -0.118. The van der Waals surface area contributed by atoms with Crippen molar-refractivity contribution in [3.05, 3.63) is 35.4 Å². The summed E-state index contributed by atoms with van der Waals surface area (Å²) in [5.41, 5.74) is 1.95. The Balaban J connectivity index is 2.33. The van der Waals surface area contributed by atoms with Gasteiger partial charge < -0.3 is 0 Å². The van der Waals surface area contributed by atoms with Gasteiger partial charge >= 0.3 is 0 Å². The standard InChI is InChI=1S/C20H30O2/c1-3-5-6-7-8-9-11-17-12-14-18(15-13-17)20(22)16-19(21)10-4-2/h12-15H,3-11,16H2,1-2H3. The summed E-state index contributed by atoms with van der Waals surface area (Å²) in [7, 11) is 0. The number of benzene rings is 1. The predicted octanol–water partition coefficient (Wildman–Crippen LogP) is 5.53. The van der Waals surface area contributed by atoms with Crippen molar-refractivity contribution >= 4 is 11.6 Å². The fourth-order valence-electron chi connectivity index (χ4n) is 2.62. The van der Waals surface area contributed by atoms with Gasteiger partial charge in [0.2, 0.25) is 0 Å². The van der Waals surface area contributed by atoms with E-state index in [1.54, 1.807) is 0 Å². The van der Waals surface area contributed by atoms with Crippen molar-refractivity contribution in [3.8, 4) is 0 Å². The van der Waals surface area contributed by atoms with E-state index in [9.17, 15) is 9.59 Å². The zero-order valence-corrected chi connectivity index (χ0v) is 14.2. The van der Waals surface area contributed by atoms with Gasteiger partial charge in [-0.2, -0.15) is 0 Å². The number of Topliss-reactive ketones (excluding diaryl/α,β-unsaturated/α-hetero) is 2. The Morgan fingerprint density at radius 1 is 0.818 bits per heavy atom. The molecular weight excluding hydrogens is 272 g/mol. The summed E-state index contributed by atoms with van der Waals surface area (Å²) in [5.74, 6) is -0.00628. The summed E-state index contributed by atoms with van der Waals surface area (Å²) in [6, 6.07) is 7.80. The summed E-state index contributed by atoms with van der Waals surface area (Å²) >= 11 is 0. The van der Waals surface area contributed by atoms with Gasteiger partial charge in [0.1, 0.15) is 5.78 Å². The molecule has 0 bridgehead atoms. The fourth-order valence-corrected chi connectivity index (χ4v) is 2.62. The van der Waals surface area contributed by atoms with Crippen molar-refractivity contribution in [3.63, 3.8) is 0 Å². The van der Waals surface area contributed by atoms with Gasteiger partial charge in [-0.05, 0) is 24.8 Å². The van der Waals surface area contributed by atoms with Crippen molar-refractivity contribution in [2.24, 2.45) is 0 Å². The average Bonchev–Trinajstić information content (AvgIpc) is 2.51. The Bertz CT molecular complexity index is 445. The quantitative estimate of drug-likeness (QED) is 0.289. The zero-order valence-electron chi connectivity index (χ0n) is 14.2. The predicted molar refractivity (Wildman–Crippen MR) is 92.4 cm³/mol. The minimum absolute atomic E-state index is 0.0451. The first-order chi connectivity index (χ1) is 10.7. The Labute approximate surface area is 135 Å². The fraction of sp³-hybridized carbons (Fsp3) is 0.600. The minimum atomic E-state index is -0.0513. The molecule has 0 aliphatic heterocycles. The Morgan fingerprint density at radius 2 is 1.45 bits per heavy atom. The second kappa shape index (κ2) is 11.2. The van der Waals surface area contributed by atoms with Crippen molar-refractivity contribution in [1.82, 2.24) is 0 Å². The molecule has 0 radical (unpaired) electrons. The van der Waals surface area contributed by atoms with Gasteiger partial charge in [-0.25, -0.2) is 0 Å². The normalized spacial score (nSPS) is 10.6. The molecule has 0 aliphatic carbocycles.